The molecule has 1 heterocycles. The lowest BCUT2D eigenvalue weighted by molar-refractivity contribution is -0.141. The van der Waals surface area contributed by atoms with Gasteiger partial charge in [0.2, 0.25) is 0 Å². The van der Waals surface area contributed by atoms with Crippen LogP contribution in [0, 0.1) is 0 Å². The highest BCUT2D eigenvalue weighted by atomic mass is 16.6. The summed E-state index contributed by atoms with van der Waals surface area (Å²) in [6.07, 6.45) is -1.28. The third kappa shape index (κ3) is 5.65. The second-order valence-corrected chi connectivity index (χ2v) is 7.13. The number of nitrogens with zero attached hydrogens (tertiary/aromatic N) is 1. The van der Waals surface area contributed by atoms with Crippen molar-refractivity contribution >= 4 is 18.2 Å². The van der Waals surface area contributed by atoms with Gasteiger partial charge in [-0.05, 0) is 26.3 Å². The molecule has 2 N–H and O–H groups in total. The molecule has 0 radical (unpaired) electrons. The molecule has 2 rings (SSSR count). The standard InChI is InChI=1S/C18H24N2O6/c1-18(2,3)26-16(23)19-13-9-14(15(21)22)20(10-13)17(24)25-11-12-7-5-4-6-8-12/h4-8,13-14H,9-11H2,1-3H3,(H,19,23)(H,21,22)/t13-,14-/m1/s1. The van der Waals surface area contributed by atoms with Crippen LogP contribution in [0.5, 0.6) is 0 Å². The number of aliphatic carboxylic acids is 1. The van der Waals surface area contributed by atoms with Crippen LogP contribution in [0.3, 0.4) is 0 Å². The van der Waals surface area contributed by atoms with Crippen molar-refractivity contribution in [1.82, 2.24) is 10.2 Å². The average molecular weight is 364 g/mol. The number of benzene rings is 1. The fraction of sp³-hybridized carbons (Fsp3) is 0.500. The molecule has 0 unspecified atom stereocenters. The summed E-state index contributed by atoms with van der Waals surface area (Å²) in [5, 5.41) is 12.0. The van der Waals surface area contributed by atoms with Gasteiger partial charge in [0.15, 0.2) is 0 Å². The van der Waals surface area contributed by atoms with Gasteiger partial charge >= 0.3 is 18.2 Å². The van der Waals surface area contributed by atoms with Crippen LogP contribution in [0.25, 0.3) is 0 Å². The Labute approximate surface area is 152 Å². The quantitative estimate of drug-likeness (QED) is 0.850. The maximum absolute atomic E-state index is 12.3. The van der Waals surface area contributed by atoms with Crippen molar-refractivity contribution in [3.8, 4) is 0 Å². The van der Waals surface area contributed by atoms with Gasteiger partial charge in [0.25, 0.3) is 0 Å². The van der Waals surface area contributed by atoms with E-state index in [0.717, 1.165) is 10.5 Å². The fourth-order valence-electron chi connectivity index (χ4n) is 2.65. The molecular weight excluding hydrogens is 340 g/mol. The molecule has 1 aliphatic heterocycles. The summed E-state index contributed by atoms with van der Waals surface area (Å²) in [5.74, 6) is -1.14. The molecule has 1 aliphatic rings. The third-order valence-electron chi connectivity index (χ3n) is 3.75. The van der Waals surface area contributed by atoms with Crippen molar-refractivity contribution in [1.29, 1.82) is 0 Å². The van der Waals surface area contributed by atoms with Gasteiger partial charge in [-0.25, -0.2) is 14.4 Å². The van der Waals surface area contributed by atoms with E-state index in [1.807, 2.05) is 18.2 Å². The number of hydrogen-bond donors (Lipinski definition) is 2. The molecule has 0 spiro atoms. The smallest absolute Gasteiger partial charge is 0.410 e. The number of carbonyl (C=O) groups excluding carboxylic acids is 2. The molecule has 8 heteroatoms. The molecule has 0 aromatic heterocycles. The second-order valence-electron chi connectivity index (χ2n) is 7.13. The molecule has 8 nitrogen and oxygen atoms in total. The van der Waals surface area contributed by atoms with E-state index in [-0.39, 0.29) is 19.6 Å². The van der Waals surface area contributed by atoms with E-state index in [4.69, 9.17) is 9.47 Å². The first kappa shape index (κ1) is 19.6. The Kier molecular flexibility index (Phi) is 6.07. The first-order valence-corrected chi connectivity index (χ1v) is 8.35. The van der Waals surface area contributed by atoms with Gasteiger partial charge in [-0.2, -0.15) is 0 Å². The lowest BCUT2D eigenvalue weighted by Gasteiger charge is -2.22. The Morgan fingerprint density at radius 2 is 1.88 bits per heavy atom. The predicted octanol–water partition coefficient (Wildman–Crippen LogP) is 2.38. The maximum atomic E-state index is 12.3. The number of alkyl carbamates (subject to hydrolysis) is 1. The number of rotatable bonds is 4. The summed E-state index contributed by atoms with van der Waals surface area (Å²) in [6, 6.07) is 7.52. The first-order chi connectivity index (χ1) is 12.2. The van der Waals surface area contributed by atoms with Gasteiger partial charge < -0.3 is 19.9 Å². The maximum Gasteiger partial charge on any atom is 0.410 e. The zero-order chi connectivity index (χ0) is 19.3. The Morgan fingerprint density at radius 3 is 2.46 bits per heavy atom. The number of carbonyl (C=O) groups is 3. The fourth-order valence-corrected chi connectivity index (χ4v) is 2.65. The Bertz CT molecular complexity index is 655. The van der Waals surface area contributed by atoms with Gasteiger partial charge in [-0.3, -0.25) is 4.90 Å². The molecule has 0 saturated carbocycles. The zero-order valence-corrected chi connectivity index (χ0v) is 15.1. The normalized spacial score (nSPS) is 19.7. The van der Waals surface area contributed by atoms with Crippen molar-refractivity contribution in [3.63, 3.8) is 0 Å². The number of likely N-dealkylation sites (tertiary alicyclic amines) is 1. The van der Waals surface area contributed by atoms with Gasteiger partial charge in [-0.1, -0.05) is 30.3 Å². The molecule has 2 amide bonds. The highest BCUT2D eigenvalue weighted by molar-refractivity contribution is 5.81. The third-order valence-corrected chi connectivity index (χ3v) is 3.75. The Balaban J connectivity index is 1.94. The van der Waals surface area contributed by atoms with Crippen molar-refractivity contribution in [3.05, 3.63) is 35.9 Å². The van der Waals surface area contributed by atoms with E-state index >= 15 is 0 Å². The number of amides is 2. The number of nitrogens with one attached hydrogen (secondary N) is 1. The SMILES string of the molecule is CC(C)(C)OC(=O)N[C@@H]1C[C@H](C(=O)O)N(C(=O)OCc2ccccc2)C1. The van der Waals surface area contributed by atoms with Crippen LogP contribution in [0.1, 0.15) is 32.8 Å². The summed E-state index contributed by atoms with van der Waals surface area (Å²) in [4.78, 5) is 36.7. The molecule has 1 aromatic carbocycles. The van der Waals surface area contributed by atoms with Crippen LogP contribution in [0.4, 0.5) is 9.59 Å². The molecule has 0 bridgehead atoms. The summed E-state index contributed by atoms with van der Waals surface area (Å²) in [7, 11) is 0. The first-order valence-electron chi connectivity index (χ1n) is 8.35. The van der Waals surface area contributed by atoms with E-state index in [1.165, 1.54) is 0 Å². The monoisotopic (exact) mass is 364 g/mol. The summed E-state index contributed by atoms with van der Waals surface area (Å²) < 4.78 is 10.4. The number of carboxylic acids is 1. The van der Waals surface area contributed by atoms with Crippen LogP contribution < -0.4 is 5.32 Å². The minimum Gasteiger partial charge on any atom is -0.480 e. The number of ether oxygens (including phenoxy) is 2. The van der Waals surface area contributed by atoms with E-state index in [0.29, 0.717) is 0 Å². The second kappa shape index (κ2) is 8.07. The molecular formula is C18H24N2O6. The zero-order valence-electron chi connectivity index (χ0n) is 15.1. The van der Waals surface area contributed by atoms with Crippen molar-refractivity contribution < 1.29 is 29.0 Å². The molecule has 2 atom stereocenters. The Hall–Kier alpha value is -2.77. The molecule has 142 valence electrons. The van der Waals surface area contributed by atoms with Crippen molar-refractivity contribution in [2.75, 3.05) is 6.54 Å². The largest absolute Gasteiger partial charge is 0.480 e. The highest BCUT2D eigenvalue weighted by Gasteiger charge is 2.41. The van der Waals surface area contributed by atoms with E-state index in [9.17, 15) is 19.5 Å². The van der Waals surface area contributed by atoms with Gasteiger partial charge in [0.05, 0.1) is 6.04 Å². The predicted molar refractivity (Wildman–Crippen MR) is 92.5 cm³/mol. The van der Waals surface area contributed by atoms with Crippen LogP contribution >= 0.6 is 0 Å². The topological polar surface area (TPSA) is 105 Å². The van der Waals surface area contributed by atoms with E-state index < -0.39 is 35.8 Å². The van der Waals surface area contributed by atoms with Crippen molar-refractivity contribution in [2.45, 2.75) is 51.5 Å². The van der Waals surface area contributed by atoms with Gasteiger partial charge in [0, 0.05) is 13.0 Å². The van der Waals surface area contributed by atoms with Crippen LogP contribution in [0.15, 0.2) is 30.3 Å². The summed E-state index contributed by atoms with van der Waals surface area (Å²) in [6.45, 7) is 5.29. The molecule has 1 fully saturated rings. The lowest BCUT2D eigenvalue weighted by Crippen LogP contribution is -2.42. The van der Waals surface area contributed by atoms with Crippen LogP contribution in [-0.2, 0) is 20.9 Å². The van der Waals surface area contributed by atoms with Gasteiger partial charge in [-0.15, -0.1) is 0 Å². The number of carboxylic acid groups (broad SMARTS) is 1. The minimum atomic E-state index is -1.14. The van der Waals surface area contributed by atoms with E-state index in [2.05, 4.69) is 5.32 Å². The van der Waals surface area contributed by atoms with Crippen LogP contribution in [-0.4, -0.2) is 52.4 Å². The molecule has 1 aromatic rings. The lowest BCUT2D eigenvalue weighted by atomic mass is 10.2. The molecule has 1 saturated heterocycles. The Morgan fingerprint density at radius 1 is 1.23 bits per heavy atom. The van der Waals surface area contributed by atoms with Gasteiger partial charge in [0.1, 0.15) is 18.2 Å². The minimum absolute atomic E-state index is 0.0455. The van der Waals surface area contributed by atoms with Crippen LogP contribution in [0.2, 0.25) is 0 Å². The number of hydrogen-bond acceptors (Lipinski definition) is 5. The van der Waals surface area contributed by atoms with Crippen molar-refractivity contribution in [2.24, 2.45) is 0 Å². The molecule has 26 heavy (non-hydrogen) atoms. The molecule has 0 aliphatic carbocycles. The average Bonchev–Trinajstić information content (AvgIpc) is 2.95. The summed E-state index contributed by atoms with van der Waals surface area (Å²) in [5.41, 5.74) is 0.138. The highest BCUT2D eigenvalue weighted by Crippen LogP contribution is 2.20. The van der Waals surface area contributed by atoms with E-state index in [1.54, 1.807) is 32.9 Å². The summed E-state index contributed by atoms with van der Waals surface area (Å²) >= 11 is 0.